The number of imidazole rings is 1. The molecular weight excluding hydrogens is 236 g/mol. The molecule has 1 unspecified atom stereocenters. The van der Waals surface area contributed by atoms with Crippen LogP contribution in [0, 0.1) is 0 Å². The molecule has 1 atom stereocenters. The van der Waals surface area contributed by atoms with Gasteiger partial charge in [-0.05, 0) is 28.8 Å². The Hall–Kier alpha value is -1.85. The molecule has 5 heteroatoms. The van der Waals surface area contributed by atoms with Crippen molar-refractivity contribution in [2.75, 3.05) is 0 Å². The topological polar surface area (TPSA) is 66.0 Å². The van der Waals surface area contributed by atoms with Gasteiger partial charge in [0.15, 0.2) is 0 Å². The smallest absolute Gasteiger partial charge is 0.214 e. The van der Waals surface area contributed by atoms with Crippen LogP contribution in [0.1, 0.15) is 0 Å². The molecule has 0 amide bonds. The lowest BCUT2D eigenvalue weighted by molar-refractivity contribution is 0.553. The predicted octanol–water partition coefficient (Wildman–Crippen LogP) is 2.26. The van der Waals surface area contributed by atoms with Crippen molar-refractivity contribution in [2.24, 2.45) is 0 Å². The van der Waals surface area contributed by atoms with Gasteiger partial charge in [-0.3, -0.25) is 0 Å². The fourth-order valence-electron chi connectivity index (χ4n) is 1.82. The van der Waals surface area contributed by atoms with Gasteiger partial charge >= 0.3 is 0 Å². The van der Waals surface area contributed by atoms with Gasteiger partial charge in [0, 0.05) is 0 Å². The third kappa shape index (κ3) is 1.69. The number of nitrogens with one attached hydrogen (secondary N) is 1. The molecule has 3 aromatic rings. The summed E-state index contributed by atoms with van der Waals surface area (Å²) in [6.07, 6.45) is 0. The number of aromatic nitrogens is 2. The Morgan fingerprint density at radius 1 is 1.24 bits per heavy atom. The maximum Gasteiger partial charge on any atom is 0.214 e. The minimum absolute atomic E-state index is 0.0165. The predicted molar refractivity (Wildman–Crippen MR) is 69.8 cm³/mol. The van der Waals surface area contributed by atoms with E-state index in [1.165, 1.54) is 0 Å². The standard InChI is InChI=1S/C12H10N2O2S/c1-17(15,16)12-13-10-6-8-4-2-3-5-9(8)7-11(10)14-12/h2-7H,1H2,(H,13,14)(H,15,16). The Bertz CT molecular complexity index is 766. The number of hydrogen-bond donors (Lipinski definition) is 2. The quantitative estimate of drug-likeness (QED) is 0.647. The largest absolute Gasteiger partial charge is 0.329 e. The van der Waals surface area contributed by atoms with Gasteiger partial charge in [0.05, 0.1) is 11.0 Å². The molecule has 0 aliphatic heterocycles. The van der Waals surface area contributed by atoms with Gasteiger partial charge in [0.1, 0.15) is 9.80 Å². The first-order valence-corrected chi connectivity index (χ1v) is 6.71. The molecule has 0 fully saturated rings. The van der Waals surface area contributed by atoms with Crippen LogP contribution in [-0.4, -0.2) is 24.6 Å². The van der Waals surface area contributed by atoms with Crippen molar-refractivity contribution in [3.63, 3.8) is 0 Å². The highest BCUT2D eigenvalue weighted by Gasteiger charge is 2.10. The lowest BCUT2D eigenvalue weighted by Crippen LogP contribution is -1.99. The van der Waals surface area contributed by atoms with Gasteiger partial charge in [0.2, 0.25) is 5.16 Å². The van der Waals surface area contributed by atoms with Crippen LogP contribution in [0.2, 0.25) is 0 Å². The van der Waals surface area contributed by atoms with Crippen molar-refractivity contribution in [1.29, 1.82) is 0 Å². The van der Waals surface area contributed by atoms with Gasteiger partial charge < -0.3 is 9.54 Å². The molecule has 1 aromatic heterocycles. The molecule has 1 heterocycles. The maximum atomic E-state index is 11.4. The molecule has 2 aromatic carbocycles. The normalized spacial score (nSPS) is 15.1. The average molecular weight is 246 g/mol. The third-order valence-electron chi connectivity index (χ3n) is 2.63. The molecule has 0 aliphatic rings. The summed E-state index contributed by atoms with van der Waals surface area (Å²) in [5, 5.41) is 2.12. The van der Waals surface area contributed by atoms with Crippen LogP contribution >= 0.6 is 0 Å². The Balaban J connectivity index is 2.40. The molecule has 2 N–H and O–H groups in total. The zero-order valence-corrected chi connectivity index (χ0v) is 9.70. The zero-order chi connectivity index (χ0) is 12.0. The van der Waals surface area contributed by atoms with Crippen molar-refractivity contribution in [3.05, 3.63) is 36.4 Å². The summed E-state index contributed by atoms with van der Waals surface area (Å²) in [5.74, 6) is 3.20. The summed E-state index contributed by atoms with van der Waals surface area (Å²) in [7, 11) is -3.29. The average Bonchev–Trinajstić information content (AvgIpc) is 2.68. The lowest BCUT2D eigenvalue weighted by atomic mass is 10.1. The summed E-state index contributed by atoms with van der Waals surface area (Å²) >= 11 is 0. The van der Waals surface area contributed by atoms with E-state index in [2.05, 4.69) is 15.8 Å². The fourth-order valence-corrected chi connectivity index (χ4v) is 2.33. The number of hydrogen-bond acceptors (Lipinski definition) is 2. The van der Waals surface area contributed by atoms with E-state index < -0.39 is 9.80 Å². The van der Waals surface area contributed by atoms with Crippen molar-refractivity contribution in [1.82, 2.24) is 9.97 Å². The Labute approximate surface area is 98.1 Å². The van der Waals surface area contributed by atoms with Crippen molar-refractivity contribution < 1.29 is 8.76 Å². The first-order valence-electron chi connectivity index (χ1n) is 5.02. The number of fused-ring (bicyclic) bond motifs is 2. The third-order valence-corrected chi connectivity index (χ3v) is 3.43. The van der Waals surface area contributed by atoms with E-state index in [9.17, 15) is 8.76 Å². The number of H-pyrrole nitrogens is 1. The van der Waals surface area contributed by atoms with Crippen molar-refractivity contribution >= 4 is 37.5 Å². The Morgan fingerprint density at radius 3 is 2.53 bits per heavy atom. The van der Waals surface area contributed by atoms with Crippen molar-refractivity contribution in [2.45, 2.75) is 5.16 Å². The van der Waals surface area contributed by atoms with Crippen LogP contribution in [-0.2, 0) is 9.80 Å². The van der Waals surface area contributed by atoms with Gasteiger partial charge in [-0.15, -0.1) is 0 Å². The van der Waals surface area contributed by atoms with Crippen LogP contribution in [0.25, 0.3) is 21.8 Å². The van der Waals surface area contributed by atoms with Gasteiger partial charge in [-0.1, -0.05) is 24.3 Å². The minimum atomic E-state index is -3.29. The molecule has 86 valence electrons. The van der Waals surface area contributed by atoms with E-state index in [0.29, 0.717) is 5.52 Å². The fraction of sp³-hybridized carbons (Fsp3) is 0. The monoisotopic (exact) mass is 246 g/mol. The molecular formula is C12H10N2O2S. The highest BCUT2D eigenvalue weighted by molar-refractivity contribution is 7.94. The summed E-state index contributed by atoms with van der Waals surface area (Å²) in [5.41, 5.74) is 1.41. The molecule has 0 aliphatic carbocycles. The van der Waals surface area contributed by atoms with E-state index >= 15 is 0 Å². The first-order chi connectivity index (χ1) is 8.04. The lowest BCUT2D eigenvalue weighted by Gasteiger charge is -1.95. The second kappa shape index (κ2) is 3.32. The van der Waals surface area contributed by atoms with E-state index in [4.69, 9.17) is 0 Å². The molecule has 0 spiro atoms. The van der Waals surface area contributed by atoms with Gasteiger partial charge in [0.25, 0.3) is 0 Å². The van der Waals surface area contributed by atoms with Crippen LogP contribution < -0.4 is 0 Å². The molecule has 17 heavy (non-hydrogen) atoms. The van der Waals surface area contributed by atoms with E-state index in [0.717, 1.165) is 16.3 Å². The van der Waals surface area contributed by atoms with Crippen LogP contribution in [0.15, 0.2) is 41.6 Å². The number of nitrogens with zero attached hydrogens (tertiary/aromatic N) is 1. The van der Waals surface area contributed by atoms with Crippen molar-refractivity contribution in [3.8, 4) is 0 Å². The van der Waals surface area contributed by atoms with Crippen LogP contribution in [0.5, 0.6) is 0 Å². The molecule has 0 saturated heterocycles. The molecule has 0 saturated carbocycles. The molecule has 4 nitrogen and oxygen atoms in total. The highest BCUT2D eigenvalue weighted by Crippen LogP contribution is 2.22. The number of rotatable bonds is 1. The Kier molecular flexibility index (Phi) is 2.01. The van der Waals surface area contributed by atoms with E-state index in [1.54, 1.807) is 0 Å². The van der Waals surface area contributed by atoms with Crippen LogP contribution in [0.3, 0.4) is 0 Å². The van der Waals surface area contributed by atoms with Gasteiger partial charge in [-0.25, -0.2) is 9.19 Å². The first kappa shape index (κ1) is 10.3. The SMILES string of the molecule is C=S(=O)(O)c1nc2cc3ccccc3cc2[nH]1. The second-order valence-corrected chi connectivity index (χ2v) is 5.57. The molecule has 0 radical (unpaired) electrons. The molecule has 0 bridgehead atoms. The maximum absolute atomic E-state index is 11.4. The summed E-state index contributed by atoms with van der Waals surface area (Å²) < 4.78 is 20.8. The summed E-state index contributed by atoms with van der Waals surface area (Å²) in [4.78, 5) is 6.92. The van der Waals surface area contributed by atoms with E-state index in [1.807, 2.05) is 36.4 Å². The summed E-state index contributed by atoms with van der Waals surface area (Å²) in [6, 6.07) is 11.6. The zero-order valence-electron chi connectivity index (χ0n) is 8.88. The highest BCUT2D eigenvalue weighted by atomic mass is 32.2. The van der Waals surface area contributed by atoms with Crippen LogP contribution in [0.4, 0.5) is 0 Å². The molecule has 3 rings (SSSR count). The minimum Gasteiger partial charge on any atom is -0.329 e. The van der Waals surface area contributed by atoms with E-state index in [-0.39, 0.29) is 5.16 Å². The second-order valence-electron chi connectivity index (χ2n) is 3.90. The number of aromatic amines is 1. The van der Waals surface area contributed by atoms with Gasteiger partial charge in [-0.2, -0.15) is 0 Å². The Morgan fingerprint density at radius 2 is 1.88 bits per heavy atom. The number of benzene rings is 2. The summed E-state index contributed by atoms with van der Waals surface area (Å²) in [6.45, 7) is 0.